The second-order valence-electron chi connectivity index (χ2n) is 4.38. The third kappa shape index (κ3) is 2.98. The lowest BCUT2D eigenvalue weighted by atomic mass is 10.2. The molecule has 0 aliphatic carbocycles. The Balaban J connectivity index is 2.19. The van der Waals surface area contributed by atoms with Gasteiger partial charge >= 0.3 is 0 Å². The van der Waals surface area contributed by atoms with E-state index < -0.39 is 0 Å². The van der Waals surface area contributed by atoms with E-state index in [2.05, 4.69) is 20.4 Å². The summed E-state index contributed by atoms with van der Waals surface area (Å²) >= 11 is 0. The molecule has 0 bridgehead atoms. The Bertz CT molecular complexity index is 491. The number of rotatable bonds is 5. The zero-order chi connectivity index (χ0) is 13.0. The molecule has 1 aromatic carbocycles. The van der Waals surface area contributed by atoms with Crippen LogP contribution in [-0.4, -0.2) is 46.8 Å². The van der Waals surface area contributed by atoms with E-state index in [-0.39, 0.29) is 0 Å². The number of nitrogens with two attached hydrogens (primary N) is 1. The normalized spacial score (nSPS) is 10.8. The van der Waals surface area contributed by atoms with Crippen molar-refractivity contribution >= 4 is 11.4 Å². The van der Waals surface area contributed by atoms with E-state index >= 15 is 0 Å². The Kier molecular flexibility index (Phi) is 3.78. The molecule has 2 aromatic rings. The predicted octanol–water partition coefficient (Wildman–Crippen LogP) is 0.823. The van der Waals surface area contributed by atoms with Gasteiger partial charge in [-0.2, -0.15) is 0 Å². The lowest BCUT2D eigenvalue weighted by Crippen LogP contribution is -2.21. The molecule has 0 radical (unpaired) electrons. The molecule has 0 fully saturated rings. The summed E-state index contributed by atoms with van der Waals surface area (Å²) in [5, 5.41) is 11.0. The van der Waals surface area contributed by atoms with Crippen LogP contribution in [0, 0.1) is 0 Å². The number of hydrogen-bond donors (Lipinski definition) is 2. The first kappa shape index (κ1) is 12.4. The number of benzene rings is 1. The summed E-state index contributed by atoms with van der Waals surface area (Å²) in [5.74, 6) is 0. The highest BCUT2D eigenvalue weighted by atomic mass is 15.2. The Morgan fingerprint density at radius 1 is 1.28 bits per heavy atom. The maximum absolute atomic E-state index is 5.82. The average molecular weight is 246 g/mol. The van der Waals surface area contributed by atoms with Crippen LogP contribution in [0.4, 0.5) is 11.4 Å². The van der Waals surface area contributed by atoms with Gasteiger partial charge in [0.15, 0.2) is 0 Å². The third-order valence-electron chi connectivity index (χ3n) is 2.59. The first-order chi connectivity index (χ1) is 8.66. The van der Waals surface area contributed by atoms with Crippen LogP contribution in [0.25, 0.3) is 5.69 Å². The molecule has 0 aliphatic heterocycles. The fraction of sp³-hybridized carbons (Fsp3) is 0.333. The minimum atomic E-state index is 0.719. The van der Waals surface area contributed by atoms with Crippen molar-refractivity contribution < 1.29 is 0 Å². The third-order valence-corrected chi connectivity index (χ3v) is 2.59. The minimum absolute atomic E-state index is 0.719. The molecule has 6 heteroatoms. The monoisotopic (exact) mass is 246 g/mol. The number of nitrogen functional groups attached to an aromatic ring is 1. The smallest absolute Gasteiger partial charge is 0.123 e. The number of likely N-dealkylation sites (N-methyl/N-ethyl adjacent to an activating group) is 1. The Labute approximate surface area is 106 Å². The molecule has 0 spiro atoms. The number of nitrogens with one attached hydrogen (secondary N) is 1. The van der Waals surface area contributed by atoms with Crippen LogP contribution in [0.15, 0.2) is 30.9 Å². The zero-order valence-corrected chi connectivity index (χ0v) is 10.7. The van der Waals surface area contributed by atoms with E-state index in [0.717, 1.165) is 30.2 Å². The van der Waals surface area contributed by atoms with Crippen molar-refractivity contribution in [2.75, 3.05) is 38.2 Å². The Hall–Kier alpha value is -2.08. The SMILES string of the molecule is CN(C)CCNc1ccc(N)cc1-n1cnnc1. The quantitative estimate of drug-likeness (QED) is 0.764. The van der Waals surface area contributed by atoms with E-state index in [9.17, 15) is 0 Å². The van der Waals surface area contributed by atoms with Gasteiger partial charge in [0, 0.05) is 18.8 Å². The van der Waals surface area contributed by atoms with Gasteiger partial charge in [0.05, 0.1) is 11.4 Å². The Morgan fingerprint density at radius 2 is 2.00 bits per heavy atom. The molecule has 1 aromatic heterocycles. The zero-order valence-electron chi connectivity index (χ0n) is 10.7. The highest BCUT2D eigenvalue weighted by molar-refractivity contribution is 5.66. The molecule has 0 amide bonds. The largest absolute Gasteiger partial charge is 0.399 e. The van der Waals surface area contributed by atoms with Crippen LogP contribution in [0.1, 0.15) is 0 Å². The molecule has 0 aliphatic rings. The number of aromatic nitrogens is 3. The van der Waals surface area contributed by atoms with Gasteiger partial charge in [-0.3, -0.25) is 4.57 Å². The van der Waals surface area contributed by atoms with Crippen molar-refractivity contribution in [2.24, 2.45) is 0 Å². The summed E-state index contributed by atoms with van der Waals surface area (Å²) in [6, 6.07) is 5.76. The molecular formula is C12H18N6. The van der Waals surface area contributed by atoms with E-state index in [0.29, 0.717) is 0 Å². The fourth-order valence-electron chi connectivity index (χ4n) is 1.65. The fourth-order valence-corrected chi connectivity index (χ4v) is 1.65. The lowest BCUT2D eigenvalue weighted by Gasteiger charge is -2.15. The summed E-state index contributed by atoms with van der Waals surface area (Å²) in [4.78, 5) is 2.13. The molecule has 0 unspecified atom stereocenters. The summed E-state index contributed by atoms with van der Waals surface area (Å²) in [6.07, 6.45) is 3.32. The molecule has 2 rings (SSSR count). The Morgan fingerprint density at radius 3 is 2.67 bits per heavy atom. The van der Waals surface area contributed by atoms with Gasteiger partial charge in [-0.05, 0) is 32.3 Å². The van der Waals surface area contributed by atoms with Gasteiger partial charge in [0.1, 0.15) is 12.7 Å². The van der Waals surface area contributed by atoms with Crippen molar-refractivity contribution in [2.45, 2.75) is 0 Å². The lowest BCUT2D eigenvalue weighted by molar-refractivity contribution is 0.425. The molecule has 96 valence electrons. The van der Waals surface area contributed by atoms with Crippen LogP contribution in [0.5, 0.6) is 0 Å². The van der Waals surface area contributed by atoms with Crippen molar-refractivity contribution in [3.8, 4) is 5.69 Å². The summed E-state index contributed by atoms with van der Waals surface area (Å²) in [6.45, 7) is 1.83. The number of hydrogen-bond acceptors (Lipinski definition) is 5. The van der Waals surface area contributed by atoms with Crippen molar-refractivity contribution in [3.05, 3.63) is 30.9 Å². The summed E-state index contributed by atoms with van der Waals surface area (Å²) in [5.41, 5.74) is 8.52. The first-order valence-electron chi connectivity index (χ1n) is 5.80. The van der Waals surface area contributed by atoms with Gasteiger partial charge in [0.2, 0.25) is 0 Å². The van der Waals surface area contributed by atoms with E-state index in [4.69, 9.17) is 5.73 Å². The highest BCUT2D eigenvalue weighted by Gasteiger charge is 2.05. The molecule has 18 heavy (non-hydrogen) atoms. The minimum Gasteiger partial charge on any atom is -0.399 e. The van der Waals surface area contributed by atoms with Crippen molar-refractivity contribution in [1.29, 1.82) is 0 Å². The molecule has 0 saturated carbocycles. The second kappa shape index (κ2) is 5.50. The highest BCUT2D eigenvalue weighted by Crippen LogP contribution is 2.22. The standard InChI is InChI=1S/C12H18N6/c1-17(2)6-5-14-11-4-3-10(13)7-12(11)18-8-15-16-9-18/h3-4,7-9,14H,5-6,13H2,1-2H3. The van der Waals surface area contributed by atoms with Crippen LogP contribution >= 0.6 is 0 Å². The summed E-state index contributed by atoms with van der Waals surface area (Å²) < 4.78 is 1.84. The molecular weight excluding hydrogens is 228 g/mol. The van der Waals surface area contributed by atoms with Crippen LogP contribution in [-0.2, 0) is 0 Å². The maximum Gasteiger partial charge on any atom is 0.123 e. The van der Waals surface area contributed by atoms with E-state index in [1.165, 1.54) is 0 Å². The molecule has 3 N–H and O–H groups in total. The van der Waals surface area contributed by atoms with Gasteiger partial charge in [-0.1, -0.05) is 0 Å². The molecule has 1 heterocycles. The van der Waals surface area contributed by atoms with Crippen LogP contribution in [0.3, 0.4) is 0 Å². The van der Waals surface area contributed by atoms with Crippen LogP contribution in [0.2, 0.25) is 0 Å². The maximum atomic E-state index is 5.82. The van der Waals surface area contributed by atoms with Gasteiger partial charge in [0.25, 0.3) is 0 Å². The molecule has 0 saturated heterocycles. The van der Waals surface area contributed by atoms with E-state index in [1.807, 2.05) is 36.9 Å². The van der Waals surface area contributed by atoms with Gasteiger partial charge in [-0.15, -0.1) is 10.2 Å². The van der Waals surface area contributed by atoms with Crippen molar-refractivity contribution in [1.82, 2.24) is 19.7 Å². The predicted molar refractivity (Wildman–Crippen MR) is 72.8 cm³/mol. The summed E-state index contributed by atoms with van der Waals surface area (Å²) in [7, 11) is 4.09. The molecule has 0 atom stereocenters. The second-order valence-corrected chi connectivity index (χ2v) is 4.38. The number of nitrogens with zero attached hydrogens (tertiary/aromatic N) is 4. The van der Waals surface area contributed by atoms with Gasteiger partial charge < -0.3 is 16.0 Å². The van der Waals surface area contributed by atoms with Gasteiger partial charge in [-0.25, -0.2) is 0 Å². The van der Waals surface area contributed by atoms with Crippen LogP contribution < -0.4 is 11.1 Å². The van der Waals surface area contributed by atoms with E-state index in [1.54, 1.807) is 12.7 Å². The average Bonchev–Trinajstić information content (AvgIpc) is 2.84. The molecule has 6 nitrogen and oxygen atoms in total. The van der Waals surface area contributed by atoms with Crippen molar-refractivity contribution in [3.63, 3.8) is 0 Å². The topological polar surface area (TPSA) is 72.0 Å². The first-order valence-corrected chi connectivity index (χ1v) is 5.80. The number of anilines is 2.